The van der Waals surface area contributed by atoms with Crippen LogP contribution in [-0.4, -0.2) is 56.1 Å². The van der Waals surface area contributed by atoms with Crippen molar-refractivity contribution in [2.75, 3.05) is 32.8 Å². The number of piperidine rings is 1. The molecule has 1 atom stereocenters. The molecule has 114 valence electrons. The molecule has 0 aromatic heterocycles. The van der Waals surface area contributed by atoms with Crippen molar-refractivity contribution in [1.82, 2.24) is 10.2 Å². The molecule has 1 fully saturated rings. The minimum atomic E-state index is -0.0963. The molecule has 1 aliphatic heterocycles. The Morgan fingerprint density at radius 3 is 2.32 bits per heavy atom. The Kier molecular flexibility index (Phi) is 8.62. The van der Waals surface area contributed by atoms with Gasteiger partial charge in [-0.2, -0.15) is 0 Å². The Morgan fingerprint density at radius 1 is 1.16 bits per heavy atom. The molecular formula is C15H32N2O2. The molecule has 4 nitrogen and oxygen atoms in total. The van der Waals surface area contributed by atoms with Gasteiger partial charge in [-0.25, -0.2) is 0 Å². The van der Waals surface area contributed by atoms with E-state index >= 15 is 0 Å². The van der Waals surface area contributed by atoms with Crippen molar-refractivity contribution in [3.63, 3.8) is 0 Å². The summed E-state index contributed by atoms with van der Waals surface area (Å²) in [5.74, 6) is 0. The predicted octanol–water partition coefficient (Wildman–Crippen LogP) is 2.24. The highest BCUT2D eigenvalue weighted by Crippen LogP contribution is 2.12. The first-order valence-electron chi connectivity index (χ1n) is 7.88. The van der Waals surface area contributed by atoms with E-state index in [9.17, 15) is 0 Å². The smallest absolute Gasteiger partial charge is 0.170 e. The Balaban J connectivity index is 2.45. The van der Waals surface area contributed by atoms with Crippen LogP contribution < -0.4 is 5.32 Å². The van der Waals surface area contributed by atoms with E-state index in [-0.39, 0.29) is 6.29 Å². The van der Waals surface area contributed by atoms with Gasteiger partial charge in [-0.05, 0) is 47.1 Å². The van der Waals surface area contributed by atoms with Gasteiger partial charge in [0.15, 0.2) is 6.29 Å². The molecule has 0 aromatic rings. The average Bonchev–Trinajstić information content (AvgIpc) is 2.39. The first kappa shape index (κ1) is 16.9. The van der Waals surface area contributed by atoms with Crippen molar-refractivity contribution in [2.45, 2.75) is 65.3 Å². The van der Waals surface area contributed by atoms with Gasteiger partial charge in [0.05, 0.1) is 0 Å². The van der Waals surface area contributed by atoms with Gasteiger partial charge in [-0.1, -0.05) is 6.42 Å². The van der Waals surface area contributed by atoms with E-state index in [1.54, 1.807) is 0 Å². The van der Waals surface area contributed by atoms with Crippen LogP contribution in [0, 0.1) is 0 Å². The molecule has 1 aliphatic rings. The van der Waals surface area contributed by atoms with E-state index in [1.165, 1.54) is 19.3 Å². The molecule has 1 rings (SSSR count). The van der Waals surface area contributed by atoms with E-state index in [2.05, 4.69) is 24.1 Å². The highest BCUT2D eigenvalue weighted by Gasteiger charge is 2.21. The van der Waals surface area contributed by atoms with Crippen LogP contribution in [0.2, 0.25) is 0 Å². The lowest BCUT2D eigenvalue weighted by molar-refractivity contribution is -0.150. The van der Waals surface area contributed by atoms with Crippen LogP contribution in [0.4, 0.5) is 0 Å². The quantitative estimate of drug-likeness (QED) is 0.653. The maximum atomic E-state index is 5.67. The van der Waals surface area contributed by atoms with Crippen molar-refractivity contribution in [2.24, 2.45) is 0 Å². The summed E-state index contributed by atoms with van der Waals surface area (Å²) >= 11 is 0. The molecule has 4 heteroatoms. The zero-order valence-electron chi connectivity index (χ0n) is 13.2. The van der Waals surface area contributed by atoms with Crippen LogP contribution in [0.1, 0.15) is 47.0 Å². The van der Waals surface area contributed by atoms with Crippen LogP contribution in [0.25, 0.3) is 0 Å². The SMILES string of the molecule is CCOC(CN(CC1CCCCN1)C(C)C)OCC. The minimum Gasteiger partial charge on any atom is -0.352 e. The van der Waals surface area contributed by atoms with Gasteiger partial charge >= 0.3 is 0 Å². The third-order valence-electron chi connectivity index (χ3n) is 3.69. The molecule has 1 N–H and O–H groups in total. The topological polar surface area (TPSA) is 33.7 Å². The van der Waals surface area contributed by atoms with Gasteiger partial charge in [0.1, 0.15) is 0 Å². The Morgan fingerprint density at radius 2 is 1.84 bits per heavy atom. The fourth-order valence-electron chi connectivity index (χ4n) is 2.58. The monoisotopic (exact) mass is 272 g/mol. The predicted molar refractivity (Wildman–Crippen MR) is 79.4 cm³/mol. The van der Waals surface area contributed by atoms with Gasteiger partial charge in [0, 0.05) is 38.4 Å². The normalized spacial score (nSPS) is 20.7. The molecule has 0 aliphatic carbocycles. The van der Waals surface area contributed by atoms with Gasteiger partial charge in [0.2, 0.25) is 0 Å². The summed E-state index contributed by atoms with van der Waals surface area (Å²) in [5, 5.41) is 3.62. The molecule has 1 heterocycles. The summed E-state index contributed by atoms with van der Waals surface area (Å²) in [6, 6.07) is 1.15. The van der Waals surface area contributed by atoms with E-state index < -0.39 is 0 Å². The van der Waals surface area contributed by atoms with Gasteiger partial charge in [-0.15, -0.1) is 0 Å². The van der Waals surface area contributed by atoms with Crippen molar-refractivity contribution in [3.05, 3.63) is 0 Å². The lowest BCUT2D eigenvalue weighted by Gasteiger charge is -2.35. The largest absolute Gasteiger partial charge is 0.352 e. The van der Waals surface area contributed by atoms with Crippen LogP contribution in [-0.2, 0) is 9.47 Å². The summed E-state index contributed by atoms with van der Waals surface area (Å²) in [6.07, 6.45) is 3.86. The fraction of sp³-hybridized carbons (Fsp3) is 1.00. The summed E-state index contributed by atoms with van der Waals surface area (Å²) in [6.45, 7) is 13.1. The molecule has 0 saturated carbocycles. The third kappa shape index (κ3) is 6.70. The molecule has 0 aromatic carbocycles. The number of hydrogen-bond acceptors (Lipinski definition) is 4. The molecular weight excluding hydrogens is 240 g/mol. The Bertz CT molecular complexity index is 212. The maximum absolute atomic E-state index is 5.67. The first-order chi connectivity index (χ1) is 9.17. The van der Waals surface area contributed by atoms with Gasteiger partial charge < -0.3 is 14.8 Å². The third-order valence-corrected chi connectivity index (χ3v) is 3.69. The fourth-order valence-corrected chi connectivity index (χ4v) is 2.58. The second-order valence-corrected chi connectivity index (χ2v) is 5.53. The standard InChI is InChI=1S/C15H32N2O2/c1-5-18-15(19-6-2)12-17(13(3)4)11-14-9-7-8-10-16-14/h13-16H,5-12H2,1-4H3. The van der Waals surface area contributed by atoms with Gasteiger partial charge in [-0.3, -0.25) is 4.90 Å². The Labute approximate surface area is 118 Å². The van der Waals surface area contributed by atoms with Crippen molar-refractivity contribution < 1.29 is 9.47 Å². The average molecular weight is 272 g/mol. The van der Waals surface area contributed by atoms with E-state index in [4.69, 9.17) is 9.47 Å². The molecule has 0 radical (unpaired) electrons. The number of hydrogen-bond donors (Lipinski definition) is 1. The molecule has 0 amide bonds. The summed E-state index contributed by atoms with van der Waals surface area (Å²) in [4.78, 5) is 2.47. The van der Waals surface area contributed by atoms with E-state index in [1.807, 2.05) is 13.8 Å². The lowest BCUT2D eigenvalue weighted by atomic mass is 10.0. The lowest BCUT2D eigenvalue weighted by Crippen LogP contribution is -2.48. The number of rotatable bonds is 9. The molecule has 1 saturated heterocycles. The summed E-state index contributed by atoms with van der Waals surface area (Å²) in [7, 11) is 0. The number of nitrogens with one attached hydrogen (secondary N) is 1. The van der Waals surface area contributed by atoms with Crippen molar-refractivity contribution >= 4 is 0 Å². The number of ether oxygens (including phenoxy) is 2. The maximum Gasteiger partial charge on any atom is 0.170 e. The summed E-state index contributed by atoms with van der Waals surface area (Å²) < 4.78 is 11.3. The molecule has 0 bridgehead atoms. The molecule has 19 heavy (non-hydrogen) atoms. The van der Waals surface area contributed by atoms with E-state index in [0.717, 1.165) is 19.6 Å². The van der Waals surface area contributed by atoms with Crippen molar-refractivity contribution in [3.8, 4) is 0 Å². The van der Waals surface area contributed by atoms with Crippen LogP contribution in [0.3, 0.4) is 0 Å². The minimum absolute atomic E-state index is 0.0963. The Hall–Kier alpha value is -0.160. The summed E-state index contributed by atoms with van der Waals surface area (Å²) in [5.41, 5.74) is 0. The second-order valence-electron chi connectivity index (χ2n) is 5.53. The highest BCUT2D eigenvalue weighted by atomic mass is 16.7. The van der Waals surface area contributed by atoms with E-state index in [0.29, 0.717) is 25.3 Å². The van der Waals surface area contributed by atoms with Crippen LogP contribution in [0.15, 0.2) is 0 Å². The number of nitrogens with zero attached hydrogens (tertiary/aromatic N) is 1. The zero-order chi connectivity index (χ0) is 14.1. The van der Waals surface area contributed by atoms with Crippen LogP contribution >= 0.6 is 0 Å². The van der Waals surface area contributed by atoms with Crippen LogP contribution in [0.5, 0.6) is 0 Å². The first-order valence-corrected chi connectivity index (χ1v) is 7.88. The zero-order valence-corrected chi connectivity index (χ0v) is 13.2. The highest BCUT2D eigenvalue weighted by molar-refractivity contribution is 4.78. The molecule has 1 unspecified atom stereocenters. The van der Waals surface area contributed by atoms with Crippen molar-refractivity contribution in [1.29, 1.82) is 0 Å². The second kappa shape index (κ2) is 9.70. The molecule has 0 spiro atoms. The van der Waals surface area contributed by atoms with Gasteiger partial charge in [0.25, 0.3) is 0 Å².